The summed E-state index contributed by atoms with van der Waals surface area (Å²) in [6.45, 7) is 1.39. The zero-order chi connectivity index (χ0) is 20.5. The molecule has 0 saturated heterocycles. The summed E-state index contributed by atoms with van der Waals surface area (Å²) in [4.78, 5) is 31.4. The van der Waals surface area contributed by atoms with Crippen LogP contribution in [0.1, 0.15) is 35.8 Å². The monoisotopic (exact) mass is 396 g/mol. The second kappa shape index (κ2) is 7.46. The lowest BCUT2D eigenvalue weighted by Gasteiger charge is -2.14. The van der Waals surface area contributed by atoms with Crippen molar-refractivity contribution < 1.29 is 18.4 Å². The van der Waals surface area contributed by atoms with Gasteiger partial charge in [-0.2, -0.15) is 0 Å². The topological polar surface area (TPSA) is 86.9 Å². The second-order valence-corrected chi connectivity index (χ2v) is 6.87. The molecule has 1 amide bonds. The first-order valence-electron chi connectivity index (χ1n) is 9.16. The molecule has 4 rings (SSSR count). The van der Waals surface area contributed by atoms with Gasteiger partial charge in [0.2, 0.25) is 5.91 Å². The Kier molecular flexibility index (Phi) is 4.84. The lowest BCUT2D eigenvalue weighted by atomic mass is 9.95. The lowest BCUT2D eigenvalue weighted by molar-refractivity contribution is -0.114. The molecule has 8 heteroatoms. The van der Waals surface area contributed by atoms with Gasteiger partial charge in [-0.15, -0.1) is 0 Å². The van der Waals surface area contributed by atoms with Crippen molar-refractivity contribution in [2.75, 3.05) is 10.6 Å². The van der Waals surface area contributed by atoms with E-state index in [-0.39, 0.29) is 11.7 Å². The number of hydrogen-bond acceptors (Lipinski definition) is 4. The average Bonchev–Trinajstić information content (AvgIpc) is 3.04. The largest absolute Gasteiger partial charge is 0.356 e. The van der Waals surface area contributed by atoms with E-state index in [2.05, 4.69) is 20.6 Å². The smallest absolute Gasteiger partial charge is 0.222 e. The molecule has 2 aromatic heterocycles. The van der Waals surface area contributed by atoms with Crippen molar-refractivity contribution >= 4 is 28.9 Å². The molecule has 0 aliphatic heterocycles. The number of hydrogen-bond donors (Lipinski definition) is 3. The first-order valence-corrected chi connectivity index (χ1v) is 9.16. The van der Waals surface area contributed by atoms with Crippen LogP contribution < -0.4 is 10.6 Å². The molecule has 3 N–H and O–H groups in total. The van der Waals surface area contributed by atoms with Gasteiger partial charge in [-0.1, -0.05) is 0 Å². The number of anilines is 3. The van der Waals surface area contributed by atoms with Gasteiger partial charge < -0.3 is 15.6 Å². The minimum atomic E-state index is -0.982. The van der Waals surface area contributed by atoms with E-state index in [1.165, 1.54) is 13.0 Å². The van der Waals surface area contributed by atoms with Crippen LogP contribution in [0.3, 0.4) is 0 Å². The van der Waals surface area contributed by atoms with Gasteiger partial charge in [-0.25, -0.2) is 13.8 Å². The summed E-state index contributed by atoms with van der Waals surface area (Å²) in [6, 6.07) is 6.90. The zero-order valence-corrected chi connectivity index (χ0v) is 15.6. The molecule has 0 unspecified atom stereocenters. The third kappa shape index (κ3) is 3.73. The molecule has 1 aliphatic carbocycles. The summed E-state index contributed by atoms with van der Waals surface area (Å²) in [5, 5.41) is 5.70. The Morgan fingerprint density at radius 3 is 2.72 bits per heavy atom. The molecule has 1 aromatic carbocycles. The highest BCUT2D eigenvalue weighted by Gasteiger charge is 2.27. The van der Waals surface area contributed by atoms with Crippen molar-refractivity contribution in [1.29, 1.82) is 0 Å². The molecule has 0 saturated carbocycles. The van der Waals surface area contributed by atoms with Crippen molar-refractivity contribution in [1.82, 2.24) is 9.97 Å². The van der Waals surface area contributed by atoms with Crippen LogP contribution in [0.15, 0.2) is 36.5 Å². The normalized spacial score (nSPS) is 13.1. The van der Waals surface area contributed by atoms with E-state index in [4.69, 9.17) is 0 Å². The van der Waals surface area contributed by atoms with Gasteiger partial charge in [0.25, 0.3) is 0 Å². The zero-order valence-electron chi connectivity index (χ0n) is 15.6. The van der Waals surface area contributed by atoms with Crippen molar-refractivity contribution in [3.8, 4) is 11.3 Å². The molecule has 2 heterocycles. The molecule has 29 heavy (non-hydrogen) atoms. The van der Waals surface area contributed by atoms with E-state index in [9.17, 15) is 18.4 Å². The van der Waals surface area contributed by atoms with Gasteiger partial charge in [0.15, 0.2) is 17.4 Å². The number of pyridine rings is 1. The summed E-state index contributed by atoms with van der Waals surface area (Å²) in [7, 11) is 0. The number of H-pyrrole nitrogens is 1. The maximum Gasteiger partial charge on any atom is 0.222 e. The number of benzene rings is 1. The van der Waals surface area contributed by atoms with Gasteiger partial charge in [0, 0.05) is 42.6 Å². The number of ketones is 1. The molecular weight excluding hydrogens is 378 g/mol. The molecule has 148 valence electrons. The quantitative estimate of drug-likeness (QED) is 0.603. The second-order valence-electron chi connectivity index (χ2n) is 6.87. The Morgan fingerprint density at radius 1 is 1.14 bits per heavy atom. The molecule has 0 atom stereocenters. The summed E-state index contributed by atoms with van der Waals surface area (Å²) < 4.78 is 27.0. The summed E-state index contributed by atoms with van der Waals surface area (Å²) in [5.74, 6) is -1.83. The number of Topliss-reactive ketones (excluding diaryl/α,β-unsaturated/α-hetero) is 1. The van der Waals surface area contributed by atoms with E-state index in [1.807, 2.05) is 0 Å². The maximum atomic E-state index is 13.7. The Labute approximate surface area is 165 Å². The molecule has 6 nitrogen and oxygen atoms in total. The van der Waals surface area contributed by atoms with E-state index in [1.54, 1.807) is 18.3 Å². The van der Waals surface area contributed by atoms with Gasteiger partial charge in [0.05, 0.1) is 16.9 Å². The number of rotatable bonds is 4. The Bertz CT molecular complexity index is 1120. The number of carbonyl (C=O) groups excluding carboxylic acids is 2. The molecule has 0 radical (unpaired) electrons. The SMILES string of the molecule is CC(=O)Nc1cc(-c2[nH]c3c(c2Nc2ccc(F)c(F)c2)C(=O)CCC3)ccn1. The van der Waals surface area contributed by atoms with Crippen LogP contribution in [0.25, 0.3) is 11.3 Å². The van der Waals surface area contributed by atoms with Crippen LogP contribution >= 0.6 is 0 Å². The van der Waals surface area contributed by atoms with Crippen LogP contribution in [0.4, 0.5) is 26.0 Å². The van der Waals surface area contributed by atoms with Crippen molar-refractivity contribution in [2.24, 2.45) is 0 Å². The van der Waals surface area contributed by atoms with Crippen LogP contribution in [0.5, 0.6) is 0 Å². The molecule has 0 spiro atoms. The fraction of sp³-hybridized carbons (Fsp3) is 0.190. The first kappa shape index (κ1) is 18.8. The summed E-state index contributed by atoms with van der Waals surface area (Å²) >= 11 is 0. The highest BCUT2D eigenvalue weighted by atomic mass is 19.2. The van der Waals surface area contributed by atoms with Gasteiger partial charge >= 0.3 is 0 Å². The molecule has 0 fully saturated rings. The molecule has 3 aromatic rings. The third-order valence-corrected chi connectivity index (χ3v) is 4.73. The van der Waals surface area contributed by atoms with Crippen molar-refractivity contribution in [3.05, 3.63) is 59.4 Å². The fourth-order valence-electron chi connectivity index (χ4n) is 3.49. The average molecular weight is 396 g/mol. The van der Waals surface area contributed by atoms with Crippen LogP contribution in [0.2, 0.25) is 0 Å². The fourth-order valence-corrected chi connectivity index (χ4v) is 3.49. The predicted octanol–water partition coefficient (Wildman–Crippen LogP) is 4.58. The summed E-state index contributed by atoms with van der Waals surface area (Å²) in [6.07, 6.45) is 3.41. The number of halogens is 2. The Morgan fingerprint density at radius 2 is 1.97 bits per heavy atom. The number of amides is 1. The van der Waals surface area contributed by atoms with Gasteiger partial charge in [0.1, 0.15) is 5.82 Å². The van der Waals surface area contributed by atoms with Gasteiger partial charge in [-0.05, 0) is 37.1 Å². The Hall–Kier alpha value is -3.55. The number of aryl methyl sites for hydroxylation is 1. The van der Waals surface area contributed by atoms with E-state index >= 15 is 0 Å². The number of nitrogens with one attached hydrogen (secondary N) is 3. The third-order valence-electron chi connectivity index (χ3n) is 4.73. The minimum Gasteiger partial charge on any atom is -0.356 e. The number of nitrogens with zero attached hydrogens (tertiary/aromatic N) is 1. The maximum absolute atomic E-state index is 13.7. The molecule has 1 aliphatic rings. The molecule has 0 bridgehead atoms. The highest BCUT2D eigenvalue weighted by molar-refractivity contribution is 6.07. The van der Waals surface area contributed by atoms with Crippen LogP contribution in [-0.4, -0.2) is 21.7 Å². The summed E-state index contributed by atoms with van der Waals surface area (Å²) in [5.41, 5.74) is 3.44. The lowest BCUT2D eigenvalue weighted by Crippen LogP contribution is -2.10. The van der Waals surface area contributed by atoms with E-state index in [0.717, 1.165) is 24.2 Å². The van der Waals surface area contributed by atoms with Crippen LogP contribution in [-0.2, 0) is 11.2 Å². The molecular formula is C21H18F2N4O2. The van der Waals surface area contributed by atoms with E-state index < -0.39 is 11.6 Å². The standard InChI is InChI=1S/C21H18F2N4O2/c1-11(28)25-18-9-12(7-8-24-18)20-21(19-16(27-20)3-2-4-17(19)29)26-13-5-6-14(22)15(23)10-13/h5-10,26-27H,2-4H2,1H3,(H,24,25,28). The number of aromatic amines is 1. The first-order chi connectivity index (χ1) is 13.9. The highest BCUT2D eigenvalue weighted by Crippen LogP contribution is 2.39. The number of fused-ring (bicyclic) bond motifs is 1. The van der Waals surface area contributed by atoms with Gasteiger partial charge in [-0.3, -0.25) is 9.59 Å². The van der Waals surface area contributed by atoms with E-state index in [0.29, 0.717) is 46.9 Å². The Balaban J connectivity index is 1.83. The van der Waals surface area contributed by atoms with Crippen LogP contribution in [0, 0.1) is 11.6 Å². The van der Waals surface area contributed by atoms with Crippen molar-refractivity contribution in [3.63, 3.8) is 0 Å². The predicted molar refractivity (Wildman–Crippen MR) is 105 cm³/mol. The minimum absolute atomic E-state index is 0.0185. The number of carbonyl (C=O) groups is 2. The number of aromatic nitrogens is 2. The van der Waals surface area contributed by atoms with Crippen molar-refractivity contribution in [2.45, 2.75) is 26.2 Å².